The van der Waals surface area contributed by atoms with Crippen LogP contribution >= 0.6 is 23.2 Å². The third-order valence-corrected chi connectivity index (χ3v) is 4.47. The van der Waals surface area contributed by atoms with Crippen LogP contribution < -0.4 is 16.2 Å². The minimum absolute atomic E-state index is 0.161. The lowest BCUT2D eigenvalue weighted by molar-refractivity contribution is 0.257. The van der Waals surface area contributed by atoms with Gasteiger partial charge < -0.3 is 5.32 Å². The van der Waals surface area contributed by atoms with Gasteiger partial charge in [0.05, 0.1) is 5.69 Å². The van der Waals surface area contributed by atoms with E-state index in [9.17, 15) is 4.79 Å². The number of carbonyl (C=O) groups excluding carboxylic acids is 1. The summed E-state index contributed by atoms with van der Waals surface area (Å²) in [6, 6.07) is 4.15. The summed E-state index contributed by atoms with van der Waals surface area (Å²) in [7, 11) is 1.80. The number of nitrogens with zero attached hydrogens (tertiary/aromatic N) is 5. The zero-order valence-electron chi connectivity index (χ0n) is 15.3. The van der Waals surface area contributed by atoms with E-state index in [2.05, 4.69) is 34.2 Å². The Morgan fingerprint density at radius 3 is 2.44 bits per heavy atom. The van der Waals surface area contributed by atoms with Crippen molar-refractivity contribution in [3.05, 3.63) is 39.8 Å². The fraction of sp³-hybridized carbons (Fsp3) is 0.294. The van der Waals surface area contributed by atoms with Crippen molar-refractivity contribution in [1.82, 2.24) is 19.7 Å². The van der Waals surface area contributed by atoms with Crippen LogP contribution in [-0.2, 0) is 7.05 Å². The Bertz CT molecular complexity index is 1010. The minimum atomic E-state index is -0.589. The van der Waals surface area contributed by atoms with Crippen LogP contribution in [0.1, 0.15) is 31.0 Å². The van der Waals surface area contributed by atoms with Gasteiger partial charge >= 0.3 is 6.03 Å². The lowest BCUT2D eigenvalue weighted by atomic mass is 10.00. The van der Waals surface area contributed by atoms with Gasteiger partial charge in [0, 0.05) is 18.1 Å². The number of amides is 2. The van der Waals surface area contributed by atoms with Crippen LogP contribution in [0.25, 0.3) is 11.0 Å². The van der Waals surface area contributed by atoms with Gasteiger partial charge in [0.2, 0.25) is 0 Å². The second-order valence-electron chi connectivity index (χ2n) is 6.43. The van der Waals surface area contributed by atoms with E-state index in [1.165, 1.54) is 12.1 Å². The van der Waals surface area contributed by atoms with Crippen LogP contribution in [0, 0.1) is 6.92 Å². The Labute approximate surface area is 166 Å². The molecule has 3 aromatic rings. The molecule has 0 bridgehead atoms. The zero-order chi connectivity index (χ0) is 19.9. The number of aromatic nitrogens is 4. The standard InChI is InChI=1S/C17H19Cl2N7O/c1-8(2)11-7-14(23-16-15(11)9(3)24-25(16)4)26(20)17(27)21-10-5-12(18)22-13(19)6-10/h5-8H,20H2,1-4H3,(H,21,22,27). The van der Waals surface area contributed by atoms with E-state index in [1.807, 2.05) is 6.92 Å². The lowest BCUT2D eigenvalue weighted by Crippen LogP contribution is -2.41. The first-order chi connectivity index (χ1) is 12.7. The summed E-state index contributed by atoms with van der Waals surface area (Å²) in [4.78, 5) is 20.9. The Morgan fingerprint density at radius 2 is 1.85 bits per heavy atom. The number of hydrazine groups is 1. The predicted molar refractivity (Wildman–Crippen MR) is 107 cm³/mol. The second kappa shape index (κ2) is 7.30. The van der Waals surface area contributed by atoms with Gasteiger partial charge in [0.15, 0.2) is 11.5 Å². The Morgan fingerprint density at radius 1 is 1.22 bits per heavy atom. The molecule has 0 saturated heterocycles. The third-order valence-electron chi connectivity index (χ3n) is 4.09. The van der Waals surface area contributed by atoms with Crippen LogP contribution in [0.5, 0.6) is 0 Å². The average Bonchev–Trinajstić information content (AvgIpc) is 2.86. The summed E-state index contributed by atoms with van der Waals surface area (Å²) in [6.45, 7) is 6.05. The van der Waals surface area contributed by atoms with Gasteiger partial charge in [0.1, 0.15) is 10.3 Å². The van der Waals surface area contributed by atoms with Crippen LogP contribution in [0.2, 0.25) is 10.3 Å². The van der Waals surface area contributed by atoms with Crippen molar-refractivity contribution in [2.75, 3.05) is 10.3 Å². The number of hydrogen-bond donors (Lipinski definition) is 2. The molecule has 142 valence electrons. The number of pyridine rings is 2. The van der Waals surface area contributed by atoms with Crippen molar-refractivity contribution in [3.8, 4) is 0 Å². The molecule has 3 aromatic heterocycles. The minimum Gasteiger partial charge on any atom is -0.306 e. The van der Waals surface area contributed by atoms with Crippen LogP contribution in [-0.4, -0.2) is 25.8 Å². The van der Waals surface area contributed by atoms with Gasteiger partial charge in [-0.3, -0.25) is 4.68 Å². The maximum Gasteiger partial charge on any atom is 0.342 e. The molecule has 0 fully saturated rings. The third kappa shape index (κ3) is 3.83. The van der Waals surface area contributed by atoms with Crippen molar-refractivity contribution in [2.45, 2.75) is 26.7 Å². The predicted octanol–water partition coefficient (Wildman–Crippen LogP) is 4.01. The first-order valence-corrected chi connectivity index (χ1v) is 8.96. The van der Waals surface area contributed by atoms with Gasteiger partial charge in [-0.05, 0) is 36.6 Å². The SMILES string of the molecule is Cc1nn(C)c2nc(N(N)C(=O)Nc3cc(Cl)nc(Cl)c3)cc(C(C)C)c12. The van der Waals surface area contributed by atoms with E-state index in [0.29, 0.717) is 17.2 Å². The molecular formula is C17H19Cl2N7O. The largest absolute Gasteiger partial charge is 0.342 e. The molecule has 0 saturated carbocycles. The van der Waals surface area contributed by atoms with Crippen molar-refractivity contribution in [1.29, 1.82) is 0 Å². The number of nitrogens with one attached hydrogen (secondary N) is 1. The van der Waals surface area contributed by atoms with E-state index in [0.717, 1.165) is 21.7 Å². The van der Waals surface area contributed by atoms with E-state index >= 15 is 0 Å². The highest BCUT2D eigenvalue weighted by Crippen LogP contribution is 2.30. The summed E-state index contributed by atoms with van der Waals surface area (Å²) >= 11 is 11.7. The molecule has 0 radical (unpaired) electrons. The van der Waals surface area contributed by atoms with Gasteiger partial charge in [-0.15, -0.1) is 0 Å². The molecule has 0 aliphatic heterocycles. The number of fused-ring (bicyclic) bond motifs is 1. The number of carbonyl (C=O) groups is 1. The van der Waals surface area contributed by atoms with Crippen molar-refractivity contribution in [3.63, 3.8) is 0 Å². The fourth-order valence-corrected chi connectivity index (χ4v) is 3.33. The number of anilines is 2. The molecule has 0 unspecified atom stereocenters. The number of rotatable bonds is 3. The highest BCUT2D eigenvalue weighted by Gasteiger charge is 2.20. The highest BCUT2D eigenvalue weighted by atomic mass is 35.5. The van der Waals surface area contributed by atoms with E-state index in [4.69, 9.17) is 29.0 Å². The molecule has 27 heavy (non-hydrogen) atoms. The molecule has 3 heterocycles. The van der Waals surface area contributed by atoms with E-state index in [1.54, 1.807) is 17.8 Å². The Kier molecular flexibility index (Phi) is 5.23. The number of urea groups is 1. The van der Waals surface area contributed by atoms with Gasteiger partial charge in [0.25, 0.3) is 0 Å². The smallest absolute Gasteiger partial charge is 0.306 e. The number of halogens is 2. The van der Waals surface area contributed by atoms with E-state index < -0.39 is 6.03 Å². The average molecular weight is 408 g/mol. The van der Waals surface area contributed by atoms with Gasteiger partial charge in [-0.2, -0.15) is 5.10 Å². The number of aryl methyl sites for hydroxylation is 2. The molecule has 8 nitrogen and oxygen atoms in total. The molecule has 0 spiro atoms. The maximum atomic E-state index is 12.6. The van der Waals surface area contributed by atoms with Crippen LogP contribution in [0.3, 0.4) is 0 Å². The molecular weight excluding hydrogens is 389 g/mol. The maximum absolute atomic E-state index is 12.6. The van der Waals surface area contributed by atoms with Gasteiger partial charge in [-0.25, -0.2) is 25.6 Å². The van der Waals surface area contributed by atoms with Crippen LogP contribution in [0.4, 0.5) is 16.3 Å². The molecule has 0 aliphatic rings. The molecule has 2 amide bonds. The first kappa shape index (κ1) is 19.3. The topological polar surface area (TPSA) is 102 Å². The lowest BCUT2D eigenvalue weighted by Gasteiger charge is -2.19. The Hall–Kier alpha value is -2.42. The van der Waals surface area contributed by atoms with Crippen LogP contribution in [0.15, 0.2) is 18.2 Å². The summed E-state index contributed by atoms with van der Waals surface area (Å²) < 4.78 is 1.67. The van der Waals surface area contributed by atoms with Crippen molar-refractivity contribution in [2.24, 2.45) is 12.9 Å². The molecule has 0 aliphatic carbocycles. The quantitative estimate of drug-likeness (QED) is 0.295. The van der Waals surface area contributed by atoms with Crippen molar-refractivity contribution < 1.29 is 4.79 Å². The number of hydrogen-bond acceptors (Lipinski definition) is 5. The number of nitrogens with two attached hydrogens (primary N) is 1. The summed E-state index contributed by atoms with van der Waals surface area (Å²) in [5.41, 5.74) is 2.93. The highest BCUT2D eigenvalue weighted by molar-refractivity contribution is 6.33. The molecule has 0 aromatic carbocycles. The monoisotopic (exact) mass is 407 g/mol. The molecule has 3 N–H and O–H groups in total. The summed E-state index contributed by atoms with van der Waals surface area (Å²) in [5, 5.41) is 9.28. The first-order valence-electron chi connectivity index (χ1n) is 8.20. The zero-order valence-corrected chi connectivity index (χ0v) is 16.8. The summed E-state index contributed by atoms with van der Waals surface area (Å²) in [6.07, 6.45) is 0. The normalized spacial score (nSPS) is 11.3. The van der Waals surface area contributed by atoms with Gasteiger partial charge in [-0.1, -0.05) is 37.0 Å². The molecule has 10 heteroatoms. The van der Waals surface area contributed by atoms with Crippen molar-refractivity contribution >= 4 is 51.8 Å². The van der Waals surface area contributed by atoms with E-state index in [-0.39, 0.29) is 16.2 Å². The molecule has 0 atom stereocenters. The summed E-state index contributed by atoms with van der Waals surface area (Å²) in [5.74, 6) is 6.53. The Balaban J connectivity index is 1.98. The second-order valence-corrected chi connectivity index (χ2v) is 7.21. The molecule has 3 rings (SSSR count). The fourth-order valence-electron chi connectivity index (χ4n) is 2.87.